The van der Waals surface area contributed by atoms with E-state index in [1.54, 1.807) is 54.4 Å². The van der Waals surface area contributed by atoms with Gasteiger partial charge in [-0.3, -0.25) is 4.79 Å². The number of hydrogen-bond acceptors (Lipinski definition) is 5. The van der Waals surface area contributed by atoms with E-state index in [0.29, 0.717) is 12.1 Å². The summed E-state index contributed by atoms with van der Waals surface area (Å²) in [5, 5.41) is 16.7. The molecular weight excluding hydrogens is 539 g/mol. The Morgan fingerprint density at radius 2 is 1.87 bits per heavy atom. The zero-order chi connectivity index (χ0) is 28.4. The number of aromatic nitrogens is 1. The molecule has 2 atom stereocenters. The number of hydrogen-bond donors (Lipinski definition) is 3. The highest BCUT2D eigenvalue weighted by molar-refractivity contribution is 8.00. The van der Waals surface area contributed by atoms with Crippen molar-refractivity contribution < 1.29 is 31.9 Å². The topological polar surface area (TPSA) is 69.5 Å². The van der Waals surface area contributed by atoms with Gasteiger partial charge in [0, 0.05) is 43.0 Å². The zero-order valence-electron chi connectivity index (χ0n) is 21.6. The van der Waals surface area contributed by atoms with Crippen molar-refractivity contribution in [2.75, 3.05) is 30.2 Å². The van der Waals surface area contributed by atoms with E-state index in [2.05, 4.69) is 16.1 Å². The maximum absolute atomic E-state index is 13.5. The SMILES string of the molecule is CCn1cc2c3c(cc(C(=O)N[C@@H](Cc4ccccc4)[C@H](O)CNCC(F)(F)C(F)(F)F)cc31)N(C)SCC2. The van der Waals surface area contributed by atoms with Gasteiger partial charge in [-0.05, 0) is 55.0 Å². The molecule has 1 aromatic heterocycles. The molecule has 0 saturated heterocycles. The fourth-order valence-electron chi connectivity index (χ4n) is 4.70. The van der Waals surface area contributed by atoms with Gasteiger partial charge in [-0.1, -0.05) is 30.3 Å². The molecule has 0 spiro atoms. The van der Waals surface area contributed by atoms with Gasteiger partial charge < -0.3 is 24.6 Å². The van der Waals surface area contributed by atoms with Crippen LogP contribution in [-0.2, 0) is 19.4 Å². The van der Waals surface area contributed by atoms with Crippen LogP contribution in [0.2, 0.25) is 0 Å². The number of nitrogens with zero attached hydrogens (tertiary/aromatic N) is 2. The van der Waals surface area contributed by atoms with E-state index >= 15 is 0 Å². The number of aliphatic hydroxyl groups is 1. The second-order valence-corrected chi connectivity index (χ2v) is 10.8. The van der Waals surface area contributed by atoms with Crippen molar-refractivity contribution in [3.8, 4) is 0 Å². The minimum atomic E-state index is -5.71. The summed E-state index contributed by atoms with van der Waals surface area (Å²) in [6, 6.07) is 11.5. The summed E-state index contributed by atoms with van der Waals surface area (Å²) in [4.78, 5) is 13.5. The molecular formula is C27H31F5N4O2S. The summed E-state index contributed by atoms with van der Waals surface area (Å²) in [6.45, 7) is 0.470. The molecule has 0 unspecified atom stereocenters. The number of rotatable bonds is 10. The van der Waals surface area contributed by atoms with Crippen LogP contribution in [-0.4, -0.2) is 65.7 Å². The smallest absolute Gasteiger partial charge is 0.390 e. The van der Waals surface area contributed by atoms with E-state index in [0.717, 1.165) is 34.3 Å². The van der Waals surface area contributed by atoms with Crippen LogP contribution in [0.1, 0.15) is 28.4 Å². The Hall–Kier alpha value is -2.83. The van der Waals surface area contributed by atoms with E-state index in [1.807, 2.05) is 23.6 Å². The third kappa shape index (κ3) is 6.50. The normalized spacial score (nSPS) is 15.7. The number of aliphatic hydroxyl groups excluding tert-OH is 1. The van der Waals surface area contributed by atoms with Crippen LogP contribution in [0.4, 0.5) is 27.6 Å². The lowest BCUT2D eigenvalue weighted by atomic mass is 10.00. The molecule has 2 aromatic carbocycles. The fraction of sp³-hybridized carbons (Fsp3) is 0.444. The number of anilines is 1. The second-order valence-electron chi connectivity index (χ2n) is 9.58. The Balaban J connectivity index is 1.58. The molecule has 0 saturated carbocycles. The van der Waals surface area contributed by atoms with Crippen molar-refractivity contribution >= 4 is 34.4 Å². The molecule has 1 aliphatic heterocycles. The van der Waals surface area contributed by atoms with Crippen LogP contribution < -0.4 is 14.9 Å². The average molecular weight is 571 g/mol. The van der Waals surface area contributed by atoms with Crippen LogP contribution in [0.15, 0.2) is 48.7 Å². The van der Waals surface area contributed by atoms with Gasteiger partial charge in [0.15, 0.2) is 0 Å². The third-order valence-corrected chi connectivity index (χ3v) is 7.80. The summed E-state index contributed by atoms with van der Waals surface area (Å²) >= 11 is 1.64. The van der Waals surface area contributed by atoms with Crippen LogP contribution in [0.25, 0.3) is 10.9 Å². The standard InChI is InChI=1S/C27H31F5N4O2S/c1-3-36-15-18-9-10-39-35(2)21-12-19(13-22(36)24(18)21)25(38)34-20(11-17-7-5-4-6-8-17)23(37)14-33-16-26(28,29)27(30,31)32/h4-8,12-13,15,20,23,33,37H,3,9-11,14,16H2,1-2H3,(H,34,38)/t20-,23+/m0/s1. The van der Waals surface area contributed by atoms with Gasteiger partial charge in [-0.25, -0.2) is 0 Å². The molecule has 1 amide bonds. The van der Waals surface area contributed by atoms with Gasteiger partial charge in [0.2, 0.25) is 0 Å². The van der Waals surface area contributed by atoms with Crippen molar-refractivity contribution in [2.24, 2.45) is 0 Å². The molecule has 3 aromatic rings. The Bertz CT molecular complexity index is 1300. The zero-order valence-corrected chi connectivity index (χ0v) is 22.4. The van der Waals surface area contributed by atoms with Crippen molar-refractivity contribution in [3.63, 3.8) is 0 Å². The largest absolute Gasteiger partial charge is 0.454 e. The summed E-state index contributed by atoms with van der Waals surface area (Å²) in [5.41, 5.74) is 4.10. The summed E-state index contributed by atoms with van der Waals surface area (Å²) < 4.78 is 68.4. The lowest BCUT2D eigenvalue weighted by Crippen LogP contribution is -2.51. The third-order valence-electron chi connectivity index (χ3n) is 6.83. The molecule has 2 heterocycles. The molecule has 0 bridgehead atoms. The van der Waals surface area contributed by atoms with E-state index in [9.17, 15) is 31.9 Å². The van der Waals surface area contributed by atoms with Crippen molar-refractivity contribution in [3.05, 3.63) is 65.4 Å². The molecule has 6 nitrogen and oxygen atoms in total. The van der Waals surface area contributed by atoms with Crippen LogP contribution in [0, 0.1) is 0 Å². The molecule has 3 N–H and O–H groups in total. The second kappa shape index (κ2) is 11.7. The molecule has 212 valence electrons. The minimum absolute atomic E-state index is 0.144. The number of carbonyl (C=O) groups is 1. The minimum Gasteiger partial charge on any atom is -0.390 e. The van der Waals surface area contributed by atoms with Gasteiger partial charge in [-0.2, -0.15) is 22.0 Å². The molecule has 0 radical (unpaired) electrons. The van der Waals surface area contributed by atoms with Crippen molar-refractivity contribution in [1.29, 1.82) is 0 Å². The van der Waals surface area contributed by atoms with Gasteiger partial charge in [0.25, 0.3) is 5.91 Å². The van der Waals surface area contributed by atoms with Gasteiger partial charge >= 0.3 is 12.1 Å². The summed E-state index contributed by atoms with van der Waals surface area (Å²) in [7, 11) is 1.93. The van der Waals surface area contributed by atoms with Crippen LogP contribution in [0.3, 0.4) is 0 Å². The summed E-state index contributed by atoms with van der Waals surface area (Å²) in [6.07, 6.45) is -4.01. The van der Waals surface area contributed by atoms with E-state index in [-0.39, 0.29) is 6.42 Å². The van der Waals surface area contributed by atoms with E-state index < -0.39 is 43.2 Å². The van der Waals surface area contributed by atoms with E-state index in [1.165, 1.54) is 5.56 Å². The monoisotopic (exact) mass is 570 g/mol. The van der Waals surface area contributed by atoms with Gasteiger partial charge in [-0.15, -0.1) is 0 Å². The Kier molecular flexibility index (Phi) is 8.77. The lowest BCUT2D eigenvalue weighted by molar-refractivity contribution is -0.279. The fourth-order valence-corrected chi connectivity index (χ4v) is 5.57. The molecule has 0 aliphatic carbocycles. The van der Waals surface area contributed by atoms with E-state index in [4.69, 9.17) is 0 Å². The quantitative estimate of drug-likeness (QED) is 0.242. The number of halogens is 5. The Labute approximate surface area is 227 Å². The maximum Gasteiger partial charge on any atom is 0.454 e. The first-order valence-electron chi connectivity index (χ1n) is 12.6. The van der Waals surface area contributed by atoms with Crippen molar-refractivity contribution in [1.82, 2.24) is 15.2 Å². The number of aryl methyl sites for hydroxylation is 2. The highest BCUT2D eigenvalue weighted by Gasteiger charge is 2.57. The molecule has 1 aliphatic rings. The van der Waals surface area contributed by atoms with Crippen molar-refractivity contribution in [2.45, 2.75) is 50.6 Å². The predicted octanol–water partition coefficient (Wildman–Crippen LogP) is 4.79. The molecule has 39 heavy (non-hydrogen) atoms. The van der Waals surface area contributed by atoms with Crippen LogP contribution >= 0.6 is 11.9 Å². The summed E-state index contributed by atoms with van der Waals surface area (Å²) in [5.74, 6) is -4.54. The number of benzene rings is 2. The number of nitrogens with one attached hydrogen (secondary N) is 2. The Morgan fingerprint density at radius 1 is 1.15 bits per heavy atom. The number of amides is 1. The first kappa shape index (κ1) is 29.2. The highest BCUT2D eigenvalue weighted by atomic mass is 32.2. The molecule has 12 heteroatoms. The van der Waals surface area contributed by atoms with Gasteiger partial charge in [0.1, 0.15) is 0 Å². The molecule has 4 rings (SSSR count). The maximum atomic E-state index is 13.5. The lowest BCUT2D eigenvalue weighted by Gasteiger charge is -2.26. The number of carbonyl (C=O) groups excluding carboxylic acids is 1. The van der Waals surface area contributed by atoms with Crippen LogP contribution in [0.5, 0.6) is 0 Å². The predicted molar refractivity (Wildman–Crippen MR) is 143 cm³/mol. The van der Waals surface area contributed by atoms with Gasteiger partial charge in [0.05, 0.1) is 29.9 Å². The Morgan fingerprint density at radius 3 is 2.54 bits per heavy atom. The first-order valence-corrected chi connectivity index (χ1v) is 13.6. The number of alkyl halides is 5. The average Bonchev–Trinajstić information content (AvgIpc) is 3.16. The highest BCUT2D eigenvalue weighted by Crippen LogP contribution is 2.38. The first-order chi connectivity index (χ1) is 18.4. The molecule has 0 fully saturated rings.